The first-order chi connectivity index (χ1) is 5.72. The topological polar surface area (TPSA) is 38.3 Å². The number of esters is 1. The first-order valence-corrected chi connectivity index (χ1v) is 4.71. The Morgan fingerprint density at radius 1 is 1.67 bits per heavy atom. The Bertz CT molecular complexity index is 130. The lowest BCUT2D eigenvalue weighted by Crippen LogP contribution is -2.36. The van der Waals surface area contributed by atoms with Gasteiger partial charge >= 0.3 is 5.97 Å². The van der Waals surface area contributed by atoms with Crippen LogP contribution in [0.2, 0.25) is 0 Å². The number of halogens is 1. The summed E-state index contributed by atoms with van der Waals surface area (Å²) in [5, 5.41) is 3.01. The van der Waals surface area contributed by atoms with E-state index in [1.807, 2.05) is 0 Å². The Labute approximate surface area is 78.4 Å². The molecule has 0 rings (SSSR count). The largest absolute Gasteiger partial charge is 0.465 e. The van der Waals surface area contributed by atoms with Crippen molar-refractivity contribution in [2.45, 2.75) is 26.3 Å². The van der Waals surface area contributed by atoms with Crippen LogP contribution in [-0.4, -0.2) is 31.0 Å². The molecule has 0 radical (unpaired) electrons. The molecule has 0 spiro atoms. The van der Waals surface area contributed by atoms with E-state index in [4.69, 9.17) is 16.3 Å². The van der Waals surface area contributed by atoms with Crippen molar-refractivity contribution in [3.63, 3.8) is 0 Å². The molecule has 0 saturated heterocycles. The van der Waals surface area contributed by atoms with Crippen LogP contribution in [-0.2, 0) is 9.53 Å². The molecule has 1 atom stereocenters. The summed E-state index contributed by atoms with van der Waals surface area (Å²) < 4.78 is 4.80. The van der Waals surface area contributed by atoms with Gasteiger partial charge in [0.1, 0.15) is 6.04 Å². The van der Waals surface area contributed by atoms with E-state index in [0.717, 1.165) is 13.0 Å². The van der Waals surface area contributed by atoms with Crippen molar-refractivity contribution < 1.29 is 9.53 Å². The number of nitrogens with one attached hydrogen (secondary N) is 1. The zero-order valence-electron chi connectivity index (χ0n) is 7.60. The van der Waals surface area contributed by atoms with Gasteiger partial charge < -0.3 is 10.1 Å². The molecule has 4 heteroatoms. The Morgan fingerprint density at radius 3 is 2.83 bits per heavy atom. The molecule has 0 amide bonds. The van der Waals surface area contributed by atoms with Crippen LogP contribution in [0.1, 0.15) is 20.3 Å². The summed E-state index contributed by atoms with van der Waals surface area (Å²) in [7, 11) is 0. The van der Waals surface area contributed by atoms with Crippen molar-refractivity contribution in [3.8, 4) is 0 Å². The van der Waals surface area contributed by atoms with Gasteiger partial charge in [-0.3, -0.25) is 4.79 Å². The van der Waals surface area contributed by atoms with Crippen LogP contribution in [0.15, 0.2) is 0 Å². The Balaban J connectivity index is 3.42. The highest BCUT2D eigenvalue weighted by Gasteiger charge is 2.11. The van der Waals surface area contributed by atoms with E-state index >= 15 is 0 Å². The Hall–Kier alpha value is -0.280. The van der Waals surface area contributed by atoms with Crippen molar-refractivity contribution in [3.05, 3.63) is 0 Å². The molecule has 0 saturated carbocycles. The van der Waals surface area contributed by atoms with Gasteiger partial charge in [0.05, 0.1) is 6.61 Å². The third-order valence-corrected chi connectivity index (χ3v) is 1.67. The number of hydrogen-bond acceptors (Lipinski definition) is 3. The van der Waals surface area contributed by atoms with Gasteiger partial charge in [-0.2, -0.15) is 0 Å². The predicted octanol–water partition coefficient (Wildman–Crippen LogP) is 1.16. The molecule has 0 fully saturated rings. The highest BCUT2D eigenvalue weighted by Crippen LogP contribution is 1.89. The molecule has 0 aromatic rings. The number of alkyl halides is 1. The summed E-state index contributed by atoms with van der Waals surface area (Å²) in [6, 6.07) is -0.229. The number of rotatable bonds is 6. The van der Waals surface area contributed by atoms with Gasteiger partial charge in [-0.15, -0.1) is 11.6 Å². The van der Waals surface area contributed by atoms with Crippen LogP contribution in [0.25, 0.3) is 0 Å². The molecule has 0 aliphatic heterocycles. The van der Waals surface area contributed by atoms with Crippen molar-refractivity contribution in [1.82, 2.24) is 5.32 Å². The van der Waals surface area contributed by atoms with Crippen LogP contribution in [0.4, 0.5) is 0 Å². The second-order valence-electron chi connectivity index (χ2n) is 2.47. The maximum atomic E-state index is 11.0. The van der Waals surface area contributed by atoms with Gasteiger partial charge in [-0.25, -0.2) is 0 Å². The first-order valence-electron chi connectivity index (χ1n) is 4.18. The fourth-order valence-electron chi connectivity index (χ4n) is 0.736. The zero-order valence-corrected chi connectivity index (χ0v) is 8.36. The lowest BCUT2D eigenvalue weighted by Gasteiger charge is -2.11. The summed E-state index contributed by atoms with van der Waals surface area (Å²) >= 11 is 5.47. The SMILES string of the molecule is CCOC(=O)C(C)NCCCCl. The molecular weight excluding hydrogens is 178 g/mol. The van der Waals surface area contributed by atoms with E-state index in [2.05, 4.69) is 5.32 Å². The molecule has 0 aliphatic carbocycles. The summed E-state index contributed by atoms with van der Waals surface area (Å²) in [4.78, 5) is 11.0. The van der Waals surface area contributed by atoms with Gasteiger partial charge in [0.2, 0.25) is 0 Å². The van der Waals surface area contributed by atoms with E-state index in [0.29, 0.717) is 12.5 Å². The molecule has 0 aliphatic rings. The minimum atomic E-state index is -0.229. The van der Waals surface area contributed by atoms with Crippen LogP contribution in [0.3, 0.4) is 0 Å². The monoisotopic (exact) mass is 193 g/mol. The van der Waals surface area contributed by atoms with E-state index in [1.54, 1.807) is 13.8 Å². The minimum Gasteiger partial charge on any atom is -0.465 e. The van der Waals surface area contributed by atoms with Crippen LogP contribution < -0.4 is 5.32 Å². The zero-order chi connectivity index (χ0) is 9.40. The molecule has 1 unspecified atom stereocenters. The molecular formula is C8H16ClNO2. The van der Waals surface area contributed by atoms with Gasteiger partial charge in [-0.1, -0.05) is 0 Å². The summed E-state index contributed by atoms with van der Waals surface area (Å²) in [5.74, 6) is 0.412. The molecule has 0 aromatic carbocycles. The Morgan fingerprint density at radius 2 is 2.33 bits per heavy atom. The van der Waals surface area contributed by atoms with E-state index in [-0.39, 0.29) is 12.0 Å². The van der Waals surface area contributed by atoms with Crippen molar-refractivity contribution in [2.75, 3.05) is 19.0 Å². The molecule has 72 valence electrons. The Kier molecular flexibility index (Phi) is 7.20. The number of carbonyl (C=O) groups excluding carboxylic acids is 1. The van der Waals surface area contributed by atoms with Crippen LogP contribution in [0, 0.1) is 0 Å². The molecule has 1 N–H and O–H groups in total. The molecule has 3 nitrogen and oxygen atoms in total. The van der Waals surface area contributed by atoms with Gasteiger partial charge in [0.25, 0.3) is 0 Å². The lowest BCUT2D eigenvalue weighted by atomic mass is 10.3. The predicted molar refractivity (Wildman–Crippen MR) is 49.4 cm³/mol. The summed E-state index contributed by atoms with van der Waals surface area (Å²) in [5.41, 5.74) is 0. The van der Waals surface area contributed by atoms with Crippen molar-refractivity contribution >= 4 is 17.6 Å². The highest BCUT2D eigenvalue weighted by molar-refractivity contribution is 6.17. The van der Waals surface area contributed by atoms with E-state index in [1.165, 1.54) is 0 Å². The van der Waals surface area contributed by atoms with E-state index < -0.39 is 0 Å². The molecule has 0 heterocycles. The fraction of sp³-hybridized carbons (Fsp3) is 0.875. The van der Waals surface area contributed by atoms with Crippen LogP contribution in [0.5, 0.6) is 0 Å². The molecule has 0 bridgehead atoms. The average molecular weight is 194 g/mol. The third kappa shape index (κ3) is 5.38. The van der Waals surface area contributed by atoms with Gasteiger partial charge in [0.15, 0.2) is 0 Å². The number of carbonyl (C=O) groups is 1. The van der Waals surface area contributed by atoms with Gasteiger partial charge in [-0.05, 0) is 26.8 Å². The maximum Gasteiger partial charge on any atom is 0.322 e. The highest BCUT2D eigenvalue weighted by atomic mass is 35.5. The second-order valence-corrected chi connectivity index (χ2v) is 2.85. The number of hydrogen-bond donors (Lipinski definition) is 1. The van der Waals surface area contributed by atoms with Crippen LogP contribution >= 0.6 is 11.6 Å². The van der Waals surface area contributed by atoms with Crippen molar-refractivity contribution in [1.29, 1.82) is 0 Å². The molecule has 12 heavy (non-hydrogen) atoms. The van der Waals surface area contributed by atoms with E-state index in [9.17, 15) is 4.79 Å². The molecule has 0 aromatic heterocycles. The first kappa shape index (κ1) is 11.7. The average Bonchev–Trinajstić information content (AvgIpc) is 2.05. The normalized spacial score (nSPS) is 12.6. The van der Waals surface area contributed by atoms with Gasteiger partial charge in [0, 0.05) is 5.88 Å². The lowest BCUT2D eigenvalue weighted by molar-refractivity contribution is -0.145. The quantitative estimate of drug-likeness (QED) is 0.391. The number of ether oxygens (including phenoxy) is 1. The summed E-state index contributed by atoms with van der Waals surface area (Å²) in [6.45, 7) is 4.76. The standard InChI is InChI=1S/C8H16ClNO2/c1-3-12-8(11)7(2)10-6-4-5-9/h7,10H,3-6H2,1-2H3. The van der Waals surface area contributed by atoms with Crippen molar-refractivity contribution in [2.24, 2.45) is 0 Å². The maximum absolute atomic E-state index is 11.0. The minimum absolute atomic E-state index is 0.202. The smallest absolute Gasteiger partial charge is 0.322 e. The second kappa shape index (κ2) is 7.37. The fourth-order valence-corrected chi connectivity index (χ4v) is 0.870. The third-order valence-electron chi connectivity index (χ3n) is 1.40. The summed E-state index contributed by atoms with van der Waals surface area (Å²) in [6.07, 6.45) is 0.866.